The summed E-state index contributed by atoms with van der Waals surface area (Å²) in [6, 6.07) is 6.79. The number of nitrogens with one attached hydrogen (secondary N) is 1. The zero-order chi connectivity index (χ0) is 19.4. The highest BCUT2D eigenvalue weighted by molar-refractivity contribution is 7.71. The summed E-state index contributed by atoms with van der Waals surface area (Å²) in [5.74, 6) is 1.30. The van der Waals surface area contributed by atoms with E-state index in [1.807, 2.05) is 0 Å². The lowest BCUT2D eigenvalue weighted by molar-refractivity contribution is -0.132. The fraction of sp³-hybridized carbons (Fsp3) is 0.176. The Kier molecular flexibility index (Phi) is 5.36. The molecule has 3 aromatic rings. The summed E-state index contributed by atoms with van der Waals surface area (Å²) < 4.78 is 22.8. The molecule has 0 atom stereocenters. The standard InChI is InChI=1S/C17H16N4O5S/c1-10(22)26-15-13(23-2)7-11(8-14(15)24-3)9-18-21-16(19-20-17(21)27)12-5-4-6-25-12/h4-9H,1-3H3,(H,20,27). The molecule has 0 saturated heterocycles. The number of carbonyl (C=O) groups is 1. The molecular weight excluding hydrogens is 372 g/mol. The van der Waals surface area contributed by atoms with Crippen LogP contribution in [0.15, 0.2) is 40.0 Å². The van der Waals surface area contributed by atoms with E-state index in [2.05, 4.69) is 15.3 Å². The highest BCUT2D eigenvalue weighted by Gasteiger charge is 2.16. The van der Waals surface area contributed by atoms with Gasteiger partial charge in [0.2, 0.25) is 16.3 Å². The molecule has 2 heterocycles. The van der Waals surface area contributed by atoms with E-state index in [1.54, 1.807) is 30.5 Å². The third-order valence-electron chi connectivity index (χ3n) is 3.44. The number of ether oxygens (including phenoxy) is 3. The molecule has 1 aromatic carbocycles. The molecule has 0 fully saturated rings. The summed E-state index contributed by atoms with van der Waals surface area (Å²) in [7, 11) is 2.92. The molecule has 0 radical (unpaired) electrons. The van der Waals surface area contributed by atoms with Crippen LogP contribution in [0.2, 0.25) is 0 Å². The van der Waals surface area contributed by atoms with Crippen LogP contribution in [0.4, 0.5) is 0 Å². The Morgan fingerprint density at radius 2 is 2.04 bits per heavy atom. The minimum atomic E-state index is -0.485. The maximum Gasteiger partial charge on any atom is 0.308 e. The summed E-state index contributed by atoms with van der Waals surface area (Å²) in [6.07, 6.45) is 3.07. The average molecular weight is 388 g/mol. The van der Waals surface area contributed by atoms with Gasteiger partial charge in [0, 0.05) is 12.5 Å². The minimum absolute atomic E-state index is 0.195. The van der Waals surface area contributed by atoms with Crippen LogP contribution in [0.1, 0.15) is 12.5 Å². The second kappa shape index (κ2) is 7.87. The van der Waals surface area contributed by atoms with Crippen LogP contribution >= 0.6 is 12.2 Å². The summed E-state index contributed by atoms with van der Waals surface area (Å²) in [5, 5.41) is 11.1. The monoisotopic (exact) mass is 388 g/mol. The maximum absolute atomic E-state index is 11.3. The molecule has 1 N–H and O–H groups in total. The Morgan fingerprint density at radius 1 is 1.33 bits per heavy atom. The Labute approximate surface area is 159 Å². The average Bonchev–Trinajstić information content (AvgIpc) is 3.29. The first-order chi connectivity index (χ1) is 13.0. The SMILES string of the molecule is COc1cc(C=Nn2c(-c3ccco3)n[nH]c2=S)cc(OC)c1OC(C)=O. The normalized spacial score (nSPS) is 10.9. The molecule has 0 bridgehead atoms. The fourth-order valence-electron chi connectivity index (χ4n) is 2.31. The van der Waals surface area contributed by atoms with Gasteiger partial charge >= 0.3 is 5.97 Å². The van der Waals surface area contributed by atoms with Crippen LogP contribution in [0.25, 0.3) is 11.6 Å². The largest absolute Gasteiger partial charge is 0.493 e. The van der Waals surface area contributed by atoms with Gasteiger partial charge in [-0.1, -0.05) is 0 Å². The van der Waals surface area contributed by atoms with Crippen LogP contribution in [0.5, 0.6) is 17.2 Å². The third kappa shape index (κ3) is 3.90. The summed E-state index contributed by atoms with van der Waals surface area (Å²) in [5.41, 5.74) is 0.632. The Hall–Kier alpha value is -3.40. The zero-order valence-corrected chi connectivity index (χ0v) is 15.6. The van der Waals surface area contributed by atoms with E-state index < -0.39 is 5.97 Å². The van der Waals surface area contributed by atoms with Gasteiger partial charge in [-0.3, -0.25) is 4.79 Å². The van der Waals surface area contributed by atoms with E-state index >= 15 is 0 Å². The molecule has 0 spiro atoms. The number of hydrogen-bond acceptors (Lipinski definition) is 8. The van der Waals surface area contributed by atoms with Crippen molar-refractivity contribution in [1.82, 2.24) is 14.9 Å². The van der Waals surface area contributed by atoms with Crippen LogP contribution in [0.3, 0.4) is 0 Å². The number of furan rings is 1. The van der Waals surface area contributed by atoms with Crippen molar-refractivity contribution in [2.75, 3.05) is 14.2 Å². The van der Waals surface area contributed by atoms with Crippen molar-refractivity contribution in [3.63, 3.8) is 0 Å². The lowest BCUT2D eigenvalue weighted by atomic mass is 10.2. The van der Waals surface area contributed by atoms with Crippen LogP contribution in [-0.4, -0.2) is 41.3 Å². The zero-order valence-electron chi connectivity index (χ0n) is 14.8. The van der Waals surface area contributed by atoms with E-state index in [9.17, 15) is 4.79 Å². The molecule has 0 aliphatic heterocycles. The number of methoxy groups -OCH3 is 2. The van der Waals surface area contributed by atoms with Crippen molar-refractivity contribution in [1.29, 1.82) is 0 Å². The van der Waals surface area contributed by atoms with Crippen molar-refractivity contribution in [3.05, 3.63) is 40.9 Å². The van der Waals surface area contributed by atoms with Crippen molar-refractivity contribution < 1.29 is 23.4 Å². The molecule has 0 amide bonds. The topological polar surface area (TPSA) is 104 Å². The lowest BCUT2D eigenvalue weighted by Crippen LogP contribution is -2.05. The third-order valence-corrected chi connectivity index (χ3v) is 3.71. The van der Waals surface area contributed by atoms with Gasteiger partial charge in [0.25, 0.3) is 0 Å². The summed E-state index contributed by atoms with van der Waals surface area (Å²) in [6.45, 7) is 1.30. The number of aromatic nitrogens is 3. The number of nitrogens with zero attached hydrogens (tertiary/aromatic N) is 3. The minimum Gasteiger partial charge on any atom is -0.493 e. The van der Waals surface area contributed by atoms with Gasteiger partial charge in [0.05, 0.1) is 26.7 Å². The predicted molar refractivity (Wildman–Crippen MR) is 99.0 cm³/mol. The van der Waals surface area contributed by atoms with Crippen molar-refractivity contribution in [2.24, 2.45) is 5.10 Å². The van der Waals surface area contributed by atoms with Crippen molar-refractivity contribution >= 4 is 24.4 Å². The Morgan fingerprint density at radius 3 is 2.59 bits per heavy atom. The van der Waals surface area contributed by atoms with Crippen LogP contribution < -0.4 is 14.2 Å². The Bertz CT molecular complexity index is 1010. The second-order valence-corrected chi connectivity index (χ2v) is 5.62. The molecule has 0 aliphatic carbocycles. The second-order valence-electron chi connectivity index (χ2n) is 5.23. The maximum atomic E-state index is 11.3. The van der Waals surface area contributed by atoms with Gasteiger partial charge in [-0.05, 0) is 36.5 Å². The lowest BCUT2D eigenvalue weighted by Gasteiger charge is -2.13. The number of carbonyl (C=O) groups excluding carboxylic acids is 1. The fourth-order valence-corrected chi connectivity index (χ4v) is 2.49. The van der Waals surface area contributed by atoms with Gasteiger partial charge in [-0.2, -0.15) is 9.78 Å². The smallest absolute Gasteiger partial charge is 0.308 e. The number of rotatable bonds is 6. The van der Waals surface area contributed by atoms with Crippen LogP contribution in [-0.2, 0) is 4.79 Å². The van der Waals surface area contributed by atoms with Crippen molar-refractivity contribution in [2.45, 2.75) is 6.92 Å². The van der Waals surface area contributed by atoms with E-state index in [1.165, 1.54) is 32.1 Å². The first kappa shape index (κ1) is 18.4. The molecule has 0 aliphatic rings. The number of esters is 1. The van der Waals surface area contributed by atoms with Gasteiger partial charge in [0.15, 0.2) is 17.3 Å². The van der Waals surface area contributed by atoms with Crippen molar-refractivity contribution in [3.8, 4) is 28.8 Å². The quantitative estimate of drug-likeness (QED) is 0.300. The van der Waals surface area contributed by atoms with Gasteiger partial charge in [-0.15, -0.1) is 5.10 Å². The predicted octanol–water partition coefficient (Wildman–Crippen LogP) is 3.03. The number of H-pyrrole nitrogens is 1. The Balaban J connectivity index is 2.00. The molecule has 140 valence electrons. The van der Waals surface area contributed by atoms with E-state index in [0.717, 1.165) is 0 Å². The van der Waals surface area contributed by atoms with Gasteiger partial charge < -0.3 is 18.6 Å². The molecule has 2 aromatic heterocycles. The summed E-state index contributed by atoms with van der Waals surface area (Å²) >= 11 is 5.21. The number of hydrogen-bond donors (Lipinski definition) is 1. The molecule has 0 unspecified atom stereocenters. The van der Waals surface area contributed by atoms with E-state index in [-0.39, 0.29) is 5.75 Å². The molecule has 10 heteroatoms. The first-order valence-corrected chi connectivity index (χ1v) is 8.14. The van der Waals surface area contributed by atoms with E-state index in [0.29, 0.717) is 33.4 Å². The van der Waals surface area contributed by atoms with Gasteiger partial charge in [-0.25, -0.2) is 5.10 Å². The molecule has 27 heavy (non-hydrogen) atoms. The molecule has 0 saturated carbocycles. The van der Waals surface area contributed by atoms with Crippen LogP contribution in [0, 0.1) is 4.77 Å². The highest BCUT2D eigenvalue weighted by Crippen LogP contribution is 2.38. The van der Waals surface area contributed by atoms with E-state index in [4.69, 9.17) is 30.8 Å². The molecule has 3 rings (SSSR count). The highest BCUT2D eigenvalue weighted by atomic mass is 32.1. The number of benzene rings is 1. The first-order valence-electron chi connectivity index (χ1n) is 7.73. The molecule has 9 nitrogen and oxygen atoms in total. The number of aromatic amines is 1. The van der Waals surface area contributed by atoms with Gasteiger partial charge in [0.1, 0.15) is 0 Å². The molecular formula is C17H16N4O5S. The summed E-state index contributed by atoms with van der Waals surface area (Å²) in [4.78, 5) is 11.3.